The van der Waals surface area contributed by atoms with Crippen molar-refractivity contribution in [2.45, 2.75) is 38.6 Å². The van der Waals surface area contributed by atoms with E-state index in [0.29, 0.717) is 18.0 Å². The van der Waals surface area contributed by atoms with Gasteiger partial charge in [0.05, 0.1) is 19.1 Å². The van der Waals surface area contributed by atoms with E-state index >= 15 is 0 Å². The van der Waals surface area contributed by atoms with Gasteiger partial charge >= 0.3 is 0 Å². The zero-order valence-corrected chi connectivity index (χ0v) is 15.9. The highest BCUT2D eigenvalue weighted by Gasteiger charge is 2.20. The fourth-order valence-electron chi connectivity index (χ4n) is 3.37. The molecule has 0 saturated heterocycles. The van der Waals surface area contributed by atoms with Crippen molar-refractivity contribution >= 4 is 17.2 Å². The molecule has 134 valence electrons. The summed E-state index contributed by atoms with van der Waals surface area (Å²) in [7, 11) is 5.08. The number of thiophene rings is 1. The Morgan fingerprint density at radius 3 is 2.72 bits per heavy atom. The van der Waals surface area contributed by atoms with Crippen molar-refractivity contribution in [1.82, 2.24) is 4.90 Å². The quantitative estimate of drug-likeness (QED) is 0.747. The normalized spacial score (nSPS) is 13.7. The van der Waals surface area contributed by atoms with Crippen LogP contribution in [0.25, 0.3) is 0 Å². The van der Waals surface area contributed by atoms with E-state index in [0.717, 1.165) is 23.3 Å². The maximum absolute atomic E-state index is 12.9. The van der Waals surface area contributed by atoms with Gasteiger partial charge in [-0.25, -0.2) is 0 Å². The average molecular weight is 359 g/mol. The minimum absolute atomic E-state index is 0.0722. The Balaban J connectivity index is 1.77. The average Bonchev–Trinajstić information content (AvgIpc) is 2.91. The van der Waals surface area contributed by atoms with E-state index in [4.69, 9.17) is 9.47 Å². The van der Waals surface area contributed by atoms with Gasteiger partial charge in [-0.3, -0.25) is 4.79 Å². The van der Waals surface area contributed by atoms with E-state index in [1.807, 2.05) is 25.2 Å². The largest absolute Gasteiger partial charge is 0.493 e. The van der Waals surface area contributed by atoms with Crippen LogP contribution in [0.1, 0.15) is 44.9 Å². The number of aryl methyl sites for hydroxylation is 2. The summed E-state index contributed by atoms with van der Waals surface area (Å²) in [5, 5.41) is 0. The van der Waals surface area contributed by atoms with Crippen LogP contribution in [0.2, 0.25) is 0 Å². The second-order valence-corrected chi connectivity index (χ2v) is 7.57. The van der Waals surface area contributed by atoms with E-state index in [1.54, 1.807) is 30.5 Å². The molecule has 0 N–H and O–H groups in total. The number of hydrogen-bond acceptors (Lipinski definition) is 4. The van der Waals surface area contributed by atoms with Gasteiger partial charge in [-0.15, -0.1) is 11.3 Å². The van der Waals surface area contributed by atoms with Gasteiger partial charge in [0.2, 0.25) is 0 Å². The molecule has 1 aliphatic carbocycles. The first-order valence-electron chi connectivity index (χ1n) is 8.71. The SMILES string of the molecule is COc1cccc(CN(C)C(=O)c2cc3c(s2)CCCCC3)c1OC. The van der Waals surface area contributed by atoms with Crippen molar-refractivity contribution in [2.24, 2.45) is 0 Å². The molecule has 1 heterocycles. The minimum atomic E-state index is 0.0722. The van der Waals surface area contributed by atoms with Gasteiger partial charge in [0, 0.05) is 24.0 Å². The Morgan fingerprint density at radius 2 is 1.96 bits per heavy atom. The minimum Gasteiger partial charge on any atom is -0.493 e. The number of methoxy groups -OCH3 is 2. The number of amides is 1. The van der Waals surface area contributed by atoms with Crippen LogP contribution >= 0.6 is 11.3 Å². The standard InChI is InChI=1S/C20H25NO3S/c1-21(13-15-9-7-10-16(23-2)19(15)24-3)20(22)18-12-14-8-5-4-6-11-17(14)25-18/h7,9-10,12H,4-6,8,11,13H2,1-3H3. The summed E-state index contributed by atoms with van der Waals surface area (Å²) in [5.74, 6) is 1.44. The summed E-state index contributed by atoms with van der Waals surface area (Å²) in [6.07, 6.45) is 5.97. The van der Waals surface area contributed by atoms with E-state index in [1.165, 1.54) is 29.7 Å². The summed E-state index contributed by atoms with van der Waals surface area (Å²) in [6, 6.07) is 7.85. The molecule has 0 bridgehead atoms. The number of carbonyl (C=O) groups is 1. The van der Waals surface area contributed by atoms with Gasteiger partial charge in [-0.2, -0.15) is 0 Å². The topological polar surface area (TPSA) is 38.8 Å². The molecule has 1 aromatic carbocycles. The Labute approximate surface area is 153 Å². The molecule has 5 heteroatoms. The number of nitrogens with zero attached hydrogens (tertiary/aromatic N) is 1. The molecule has 0 aliphatic heterocycles. The van der Waals surface area contributed by atoms with E-state index in [-0.39, 0.29) is 5.91 Å². The zero-order valence-electron chi connectivity index (χ0n) is 15.1. The Hall–Kier alpha value is -2.01. The van der Waals surface area contributed by atoms with Gasteiger partial charge in [0.15, 0.2) is 11.5 Å². The smallest absolute Gasteiger partial charge is 0.263 e. The first-order valence-corrected chi connectivity index (χ1v) is 9.52. The summed E-state index contributed by atoms with van der Waals surface area (Å²) < 4.78 is 10.8. The van der Waals surface area contributed by atoms with Gasteiger partial charge in [-0.05, 0) is 43.4 Å². The lowest BCUT2D eigenvalue weighted by Crippen LogP contribution is -2.25. The van der Waals surface area contributed by atoms with E-state index in [9.17, 15) is 4.79 Å². The predicted octanol–water partition coefficient (Wildman–Crippen LogP) is 4.31. The molecule has 0 unspecified atom stereocenters. The monoisotopic (exact) mass is 359 g/mol. The van der Waals surface area contributed by atoms with Crippen molar-refractivity contribution in [3.63, 3.8) is 0 Å². The number of ether oxygens (including phenoxy) is 2. The molecular weight excluding hydrogens is 334 g/mol. The third kappa shape index (κ3) is 3.82. The summed E-state index contributed by atoms with van der Waals surface area (Å²) in [4.78, 5) is 16.9. The van der Waals surface area contributed by atoms with Crippen LogP contribution in [0.15, 0.2) is 24.3 Å². The molecular formula is C20H25NO3S. The van der Waals surface area contributed by atoms with Crippen LogP contribution < -0.4 is 9.47 Å². The first-order chi connectivity index (χ1) is 12.1. The van der Waals surface area contributed by atoms with Crippen molar-refractivity contribution in [3.8, 4) is 11.5 Å². The van der Waals surface area contributed by atoms with Crippen LogP contribution in [0, 0.1) is 0 Å². The van der Waals surface area contributed by atoms with Gasteiger partial charge in [-0.1, -0.05) is 18.6 Å². The highest BCUT2D eigenvalue weighted by Crippen LogP contribution is 2.33. The maximum atomic E-state index is 12.9. The number of para-hydroxylation sites is 1. The molecule has 0 atom stereocenters. The lowest BCUT2D eigenvalue weighted by atomic mass is 10.1. The molecule has 0 radical (unpaired) electrons. The third-order valence-electron chi connectivity index (χ3n) is 4.70. The molecule has 0 saturated carbocycles. The molecule has 25 heavy (non-hydrogen) atoms. The van der Waals surface area contributed by atoms with Crippen LogP contribution in [-0.2, 0) is 19.4 Å². The summed E-state index contributed by atoms with van der Waals surface area (Å²) in [5.41, 5.74) is 2.31. The predicted molar refractivity (Wildman–Crippen MR) is 101 cm³/mol. The third-order valence-corrected chi connectivity index (χ3v) is 5.92. The fourth-order valence-corrected chi connectivity index (χ4v) is 4.61. The van der Waals surface area contributed by atoms with Gasteiger partial charge in [0.1, 0.15) is 0 Å². The van der Waals surface area contributed by atoms with Crippen molar-refractivity contribution in [3.05, 3.63) is 45.1 Å². The van der Waals surface area contributed by atoms with Crippen molar-refractivity contribution < 1.29 is 14.3 Å². The highest BCUT2D eigenvalue weighted by molar-refractivity contribution is 7.14. The number of hydrogen-bond donors (Lipinski definition) is 0. The molecule has 1 aromatic heterocycles. The zero-order chi connectivity index (χ0) is 17.8. The van der Waals surface area contributed by atoms with E-state index in [2.05, 4.69) is 6.07 Å². The molecule has 3 rings (SSSR count). The number of carbonyl (C=O) groups excluding carboxylic acids is 1. The number of fused-ring (bicyclic) bond motifs is 1. The fraction of sp³-hybridized carbons (Fsp3) is 0.450. The maximum Gasteiger partial charge on any atom is 0.263 e. The highest BCUT2D eigenvalue weighted by atomic mass is 32.1. The molecule has 2 aromatic rings. The van der Waals surface area contributed by atoms with Crippen molar-refractivity contribution in [2.75, 3.05) is 21.3 Å². The Morgan fingerprint density at radius 1 is 1.16 bits per heavy atom. The second kappa shape index (κ2) is 7.91. The van der Waals surface area contributed by atoms with E-state index < -0.39 is 0 Å². The van der Waals surface area contributed by atoms with Crippen LogP contribution in [-0.4, -0.2) is 32.1 Å². The first kappa shape index (κ1) is 17.8. The molecule has 0 fully saturated rings. The molecule has 4 nitrogen and oxygen atoms in total. The van der Waals surface area contributed by atoms with Crippen LogP contribution in [0.4, 0.5) is 0 Å². The lowest BCUT2D eigenvalue weighted by Gasteiger charge is -2.19. The van der Waals surface area contributed by atoms with Crippen LogP contribution in [0.5, 0.6) is 11.5 Å². The van der Waals surface area contributed by atoms with Gasteiger partial charge < -0.3 is 14.4 Å². The number of rotatable bonds is 5. The van der Waals surface area contributed by atoms with Crippen LogP contribution in [0.3, 0.4) is 0 Å². The molecule has 1 amide bonds. The summed E-state index contributed by atoms with van der Waals surface area (Å²) >= 11 is 1.67. The number of benzene rings is 1. The molecule has 1 aliphatic rings. The Kier molecular flexibility index (Phi) is 5.63. The Bertz CT molecular complexity index is 730. The second-order valence-electron chi connectivity index (χ2n) is 6.43. The summed E-state index contributed by atoms with van der Waals surface area (Å²) in [6.45, 7) is 0.488. The lowest BCUT2D eigenvalue weighted by molar-refractivity contribution is 0.0788. The van der Waals surface area contributed by atoms with Crippen molar-refractivity contribution in [1.29, 1.82) is 0 Å². The molecule has 0 spiro atoms. The van der Waals surface area contributed by atoms with Gasteiger partial charge in [0.25, 0.3) is 5.91 Å².